The maximum Gasteiger partial charge on any atom is 0.414 e. The molecular weight excluding hydrogens is 382 g/mol. The number of pyridine rings is 1. The van der Waals surface area contributed by atoms with Crippen molar-refractivity contribution in [1.82, 2.24) is 14.8 Å². The first kappa shape index (κ1) is 28.3. The van der Waals surface area contributed by atoms with E-state index in [2.05, 4.69) is 23.9 Å². The normalized spacial score (nSPS) is 9.55. The Kier molecular flexibility index (Phi) is 16.8. The molecule has 0 atom stereocenters. The molecule has 0 fully saturated rings. The zero-order valence-electron chi connectivity index (χ0n) is 17.5. The first-order valence-electron chi connectivity index (χ1n) is 9.20. The summed E-state index contributed by atoms with van der Waals surface area (Å²) in [4.78, 5) is 35.3. The van der Waals surface area contributed by atoms with Crippen LogP contribution in [0.1, 0.15) is 44.7 Å². The van der Waals surface area contributed by atoms with E-state index in [0.717, 1.165) is 23.7 Å². The van der Waals surface area contributed by atoms with Gasteiger partial charge in [0.2, 0.25) is 0 Å². The number of unbranched alkanes of at least 4 members (excludes halogenated alkanes) is 4. The topological polar surface area (TPSA) is 152 Å². The van der Waals surface area contributed by atoms with E-state index in [1.807, 2.05) is 0 Å². The summed E-state index contributed by atoms with van der Waals surface area (Å²) in [5, 5.41) is 32.3. The second kappa shape index (κ2) is 17.2. The summed E-state index contributed by atoms with van der Waals surface area (Å²) in [6.07, 6.45) is 7.30. The molecule has 1 aromatic rings. The van der Waals surface area contributed by atoms with Crippen molar-refractivity contribution in [2.24, 2.45) is 0 Å². The summed E-state index contributed by atoms with van der Waals surface area (Å²) in [5.41, 5.74) is 0.767. The molecule has 166 valence electrons. The molecule has 1 aromatic heterocycles. The highest BCUT2D eigenvalue weighted by atomic mass is 16.4. The van der Waals surface area contributed by atoms with Crippen LogP contribution in [0.5, 0.6) is 5.75 Å². The molecule has 10 nitrogen and oxygen atoms in total. The van der Waals surface area contributed by atoms with Crippen LogP contribution in [0.25, 0.3) is 0 Å². The predicted molar refractivity (Wildman–Crippen MR) is 108 cm³/mol. The molecule has 0 unspecified atom stereocenters. The third-order valence-corrected chi connectivity index (χ3v) is 3.49. The number of aliphatic carboxylic acids is 2. The Balaban J connectivity index is 0. The van der Waals surface area contributed by atoms with Crippen molar-refractivity contribution in [3.8, 4) is 5.75 Å². The maximum atomic E-state index is 9.62. The Morgan fingerprint density at radius 2 is 1.48 bits per heavy atom. The van der Waals surface area contributed by atoms with Gasteiger partial charge >= 0.3 is 18.0 Å². The van der Waals surface area contributed by atoms with Gasteiger partial charge in [-0.1, -0.05) is 32.6 Å². The number of aromatic hydroxyl groups is 1. The van der Waals surface area contributed by atoms with E-state index in [9.17, 15) is 9.90 Å². The number of rotatable bonds is 8. The van der Waals surface area contributed by atoms with Crippen LogP contribution in [0, 0.1) is 0 Å². The highest BCUT2D eigenvalue weighted by Crippen LogP contribution is 2.14. The van der Waals surface area contributed by atoms with Gasteiger partial charge in [-0.05, 0) is 32.1 Å². The van der Waals surface area contributed by atoms with Crippen LogP contribution in [0.3, 0.4) is 0 Å². The van der Waals surface area contributed by atoms with Crippen molar-refractivity contribution in [2.75, 3.05) is 27.7 Å². The molecule has 10 heteroatoms. The van der Waals surface area contributed by atoms with Crippen LogP contribution in [-0.2, 0) is 16.1 Å². The van der Waals surface area contributed by atoms with E-state index in [1.54, 1.807) is 18.3 Å². The van der Waals surface area contributed by atoms with Gasteiger partial charge in [-0.15, -0.1) is 0 Å². The largest absolute Gasteiger partial charge is 0.506 e. The second-order valence-corrected chi connectivity index (χ2v) is 6.41. The molecule has 0 aliphatic carbocycles. The number of hydrogen-bond acceptors (Lipinski definition) is 6. The lowest BCUT2D eigenvalue weighted by atomic mass is 10.1. The van der Waals surface area contributed by atoms with E-state index in [1.165, 1.54) is 46.2 Å². The molecule has 1 heterocycles. The standard InChI is InChI=1S/C14H24N2O.C3H7NO2.C2H2O4/c1-3-4-5-6-7-11-16(2)12-13-14(17)9-8-10-15-13;1-4(2)3(5)6;3-1(4)2(5)6/h8-10,17H,3-7,11-12H2,1-2H3;1-2H3,(H,5,6);(H,3,4)(H,5,6). The third-order valence-electron chi connectivity index (χ3n) is 3.49. The van der Waals surface area contributed by atoms with Gasteiger partial charge in [-0.25, -0.2) is 14.4 Å². The molecule has 0 bridgehead atoms. The fraction of sp³-hybridized carbons (Fsp3) is 0.579. The van der Waals surface area contributed by atoms with Crippen LogP contribution in [0.2, 0.25) is 0 Å². The highest BCUT2D eigenvalue weighted by molar-refractivity contribution is 6.27. The van der Waals surface area contributed by atoms with Crippen molar-refractivity contribution >= 4 is 18.0 Å². The van der Waals surface area contributed by atoms with Crippen molar-refractivity contribution < 1.29 is 34.8 Å². The van der Waals surface area contributed by atoms with Gasteiger partial charge in [0, 0.05) is 26.8 Å². The molecule has 0 saturated carbocycles. The fourth-order valence-corrected chi connectivity index (χ4v) is 1.87. The maximum absolute atomic E-state index is 9.62. The van der Waals surface area contributed by atoms with Crippen molar-refractivity contribution in [1.29, 1.82) is 0 Å². The van der Waals surface area contributed by atoms with Gasteiger partial charge in [0.15, 0.2) is 0 Å². The number of amides is 1. The smallest absolute Gasteiger partial charge is 0.414 e. The molecule has 0 aliphatic heterocycles. The second-order valence-electron chi connectivity index (χ2n) is 6.41. The molecular formula is C19H33N3O7. The van der Waals surface area contributed by atoms with Crippen LogP contribution in [0.15, 0.2) is 18.3 Å². The number of nitrogens with zero attached hydrogens (tertiary/aromatic N) is 3. The summed E-state index contributed by atoms with van der Waals surface area (Å²) in [7, 11) is 5.03. The molecule has 29 heavy (non-hydrogen) atoms. The number of carboxylic acid groups (broad SMARTS) is 3. The monoisotopic (exact) mass is 415 g/mol. The van der Waals surface area contributed by atoms with E-state index >= 15 is 0 Å². The van der Waals surface area contributed by atoms with Gasteiger partial charge in [-0.3, -0.25) is 4.98 Å². The quantitative estimate of drug-likeness (QED) is 0.371. The zero-order chi connectivity index (χ0) is 22.8. The van der Waals surface area contributed by atoms with Crippen molar-refractivity contribution in [3.63, 3.8) is 0 Å². The number of aromatic nitrogens is 1. The first-order valence-corrected chi connectivity index (χ1v) is 9.20. The highest BCUT2D eigenvalue weighted by Gasteiger charge is 2.05. The van der Waals surface area contributed by atoms with Crippen LogP contribution < -0.4 is 0 Å². The minimum atomic E-state index is -1.82. The van der Waals surface area contributed by atoms with Crippen LogP contribution >= 0.6 is 0 Å². The summed E-state index contributed by atoms with van der Waals surface area (Å²) < 4.78 is 0. The molecule has 0 aromatic carbocycles. The van der Waals surface area contributed by atoms with Crippen LogP contribution in [0.4, 0.5) is 4.79 Å². The SMILES string of the molecule is CCCCCCCN(C)Cc1ncccc1O.CN(C)C(=O)O.O=C(O)C(=O)O. The lowest BCUT2D eigenvalue weighted by Gasteiger charge is -2.16. The summed E-state index contributed by atoms with van der Waals surface area (Å²) >= 11 is 0. The molecule has 1 amide bonds. The molecule has 0 radical (unpaired) electrons. The summed E-state index contributed by atoms with van der Waals surface area (Å²) in [6, 6.07) is 3.45. The molecule has 0 aliphatic rings. The molecule has 4 N–H and O–H groups in total. The van der Waals surface area contributed by atoms with E-state index in [-0.39, 0.29) is 0 Å². The summed E-state index contributed by atoms with van der Waals surface area (Å²) in [6.45, 7) is 4.02. The van der Waals surface area contributed by atoms with Gasteiger partial charge in [0.25, 0.3) is 0 Å². The number of carbonyl (C=O) groups is 3. The fourth-order valence-electron chi connectivity index (χ4n) is 1.87. The van der Waals surface area contributed by atoms with Gasteiger partial charge in [-0.2, -0.15) is 0 Å². The summed E-state index contributed by atoms with van der Waals surface area (Å²) in [5.74, 6) is -3.35. The van der Waals surface area contributed by atoms with Crippen LogP contribution in [-0.4, -0.2) is 80.9 Å². The van der Waals surface area contributed by atoms with E-state index in [4.69, 9.17) is 24.9 Å². The average Bonchev–Trinajstić information content (AvgIpc) is 2.64. The van der Waals surface area contributed by atoms with Gasteiger partial charge in [0.1, 0.15) is 5.75 Å². The Morgan fingerprint density at radius 3 is 1.90 bits per heavy atom. The predicted octanol–water partition coefficient (Wildman–Crippen LogP) is 2.57. The van der Waals surface area contributed by atoms with Gasteiger partial charge in [0.05, 0.1) is 5.69 Å². The number of carboxylic acids is 2. The lowest BCUT2D eigenvalue weighted by Crippen LogP contribution is -2.19. The Hall–Kier alpha value is -2.88. The Labute approximate surface area is 171 Å². The average molecular weight is 415 g/mol. The Morgan fingerprint density at radius 1 is 0.966 bits per heavy atom. The van der Waals surface area contributed by atoms with E-state index in [0.29, 0.717) is 5.75 Å². The van der Waals surface area contributed by atoms with E-state index < -0.39 is 18.0 Å². The first-order chi connectivity index (χ1) is 13.5. The lowest BCUT2D eigenvalue weighted by molar-refractivity contribution is -0.159. The molecule has 0 saturated heterocycles. The minimum absolute atomic E-state index is 0.297. The van der Waals surface area contributed by atoms with Crippen molar-refractivity contribution in [3.05, 3.63) is 24.0 Å². The molecule has 1 rings (SSSR count). The Bertz CT molecular complexity index is 597. The molecule has 0 spiro atoms. The number of hydrogen-bond donors (Lipinski definition) is 4. The minimum Gasteiger partial charge on any atom is -0.506 e. The van der Waals surface area contributed by atoms with Gasteiger partial charge < -0.3 is 30.2 Å². The zero-order valence-corrected chi connectivity index (χ0v) is 17.5. The van der Waals surface area contributed by atoms with Crippen molar-refractivity contribution in [2.45, 2.75) is 45.6 Å². The third kappa shape index (κ3) is 18.3.